The summed E-state index contributed by atoms with van der Waals surface area (Å²) in [6.07, 6.45) is 2.06. The number of nitrogens with zero attached hydrogens (tertiary/aromatic N) is 1. The Morgan fingerprint density at radius 1 is 1.50 bits per heavy atom. The van der Waals surface area contributed by atoms with Crippen LogP contribution in [0.3, 0.4) is 0 Å². The van der Waals surface area contributed by atoms with Gasteiger partial charge in [0, 0.05) is 12.2 Å². The second-order valence-corrected chi connectivity index (χ2v) is 6.74. The van der Waals surface area contributed by atoms with Crippen LogP contribution in [0.25, 0.3) is 0 Å². The molecule has 0 aromatic heterocycles. The van der Waals surface area contributed by atoms with Gasteiger partial charge in [-0.05, 0) is 36.5 Å². The second kappa shape index (κ2) is 4.26. The van der Waals surface area contributed by atoms with Gasteiger partial charge in [-0.25, -0.2) is 13.1 Å². The van der Waals surface area contributed by atoms with Crippen LogP contribution in [0.15, 0.2) is 23.1 Å². The molecule has 5 nitrogen and oxygen atoms in total. The van der Waals surface area contributed by atoms with Crippen molar-refractivity contribution < 1.29 is 8.42 Å². The van der Waals surface area contributed by atoms with Crippen molar-refractivity contribution in [1.29, 1.82) is 5.26 Å². The number of hydrogen-bond donors (Lipinski definition) is 2. The molecule has 6 heteroatoms. The molecule has 0 amide bonds. The van der Waals surface area contributed by atoms with Crippen LogP contribution in [-0.4, -0.2) is 15.0 Å². The highest BCUT2D eigenvalue weighted by Crippen LogP contribution is 2.44. The van der Waals surface area contributed by atoms with Crippen LogP contribution >= 0.6 is 0 Å². The summed E-state index contributed by atoms with van der Waals surface area (Å²) >= 11 is 0. The lowest BCUT2D eigenvalue weighted by molar-refractivity contribution is 0.530. The number of nitriles is 1. The normalized spacial score (nSPS) is 17.1. The van der Waals surface area contributed by atoms with E-state index in [1.807, 2.05) is 13.0 Å². The number of nitrogens with two attached hydrogens (primary N) is 1. The van der Waals surface area contributed by atoms with E-state index in [1.54, 1.807) is 0 Å². The maximum absolute atomic E-state index is 12.1. The first-order valence-electron chi connectivity index (χ1n) is 5.66. The molecule has 0 bridgehead atoms. The molecule has 2 rings (SSSR count). The summed E-state index contributed by atoms with van der Waals surface area (Å²) in [4.78, 5) is -0.0107. The highest BCUT2D eigenvalue weighted by atomic mass is 32.2. The predicted molar refractivity (Wildman–Crippen MR) is 68.1 cm³/mol. The number of nitrogen functional groups attached to an aromatic ring is 1. The number of nitrogens with one attached hydrogen (secondary N) is 1. The Morgan fingerprint density at radius 3 is 2.72 bits per heavy atom. The first kappa shape index (κ1) is 12.9. The molecule has 1 aliphatic rings. The van der Waals surface area contributed by atoms with Crippen molar-refractivity contribution in [2.24, 2.45) is 5.41 Å². The van der Waals surface area contributed by atoms with Crippen LogP contribution < -0.4 is 10.5 Å². The van der Waals surface area contributed by atoms with Gasteiger partial charge >= 0.3 is 0 Å². The average Bonchev–Trinajstić information content (AvgIpc) is 3.05. The number of benzene rings is 1. The Kier molecular flexibility index (Phi) is 3.05. The van der Waals surface area contributed by atoms with Gasteiger partial charge in [0.05, 0.1) is 10.5 Å². The molecule has 0 aliphatic heterocycles. The molecule has 96 valence electrons. The van der Waals surface area contributed by atoms with E-state index in [4.69, 9.17) is 11.0 Å². The van der Waals surface area contributed by atoms with E-state index >= 15 is 0 Å². The molecule has 1 saturated carbocycles. The fourth-order valence-corrected chi connectivity index (χ4v) is 2.94. The van der Waals surface area contributed by atoms with Crippen molar-refractivity contribution in [3.8, 4) is 6.07 Å². The van der Waals surface area contributed by atoms with E-state index in [9.17, 15) is 8.42 Å². The molecule has 1 aromatic rings. The minimum absolute atomic E-state index is 0.0107. The Bertz CT molecular complexity index is 613. The Labute approximate surface area is 107 Å². The largest absolute Gasteiger partial charge is 0.399 e. The molecule has 0 atom stereocenters. The van der Waals surface area contributed by atoms with E-state index in [0.29, 0.717) is 12.2 Å². The van der Waals surface area contributed by atoms with Gasteiger partial charge in [0.15, 0.2) is 0 Å². The van der Waals surface area contributed by atoms with E-state index in [-0.39, 0.29) is 15.9 Å². The SMILES string of the molecule is CC1(CNS(=O)(=O)c2ccc(N)cc2C#N)CC1. The maximum atomic E-state index is 12.1. The lowest BCUT2D eigenvalue weighted by Gasteiger charge is -2.12. The van der Waals surface area contributed by atoms with Crippen molar-refractivity contribution >= 4 is 15.7 Å². The zero-order chi connectivity index (χ0) is 13.4. The third kappa shape index (κ3) is 2.63. The fourth-order valence-electron chi connectivity index (χ4n) is 1.61. The van der Waals surface area contributed by atoms with Crippen molar-refractivity contribution in [1.82, 2.24) is 4.72 Å². The summed E-state index contributed by atoms with van der Waals surface area (Å²) in [5, 5.41) is 8.95. The quantitative estimate of drug-likeness (QED) is 0.800. The number of rotatable bonds is 4. The third-order valence-corrected chi connectivity index (χ3v) is 4.67. The molecule has 1 aromatic carbocycles. The number of hydrogen-bond acceptors (Lipinski definition) is 4. The highest BCUT2D eigenvalue weighted by molar-refractivity contribution is 7.89. The van der Waals surface area contributed by atoms with Crippen LogP contribution in [0.1, 0.15) is 25.3 Å². The lowest BCUT2D eigenvalue weighted by Crippen LogP contribution is -2.29. The maximum Gasteiger partial charge on any atom is 0.241 e. The summed E-state index contributed by atoms with van der Waals surface area (Å²) in [5.74, 6) is 0. The van der Waals surface area contributed by atoms with Gasteiger partial charge in [-0.3, -0.25) is 0 Å². The van der Waals surface area contributed by atoms with Crippen molar-refractivity contribution in [3.63, 3.8) is 0 Å². The van der Waals surface area contributed by atoms with Crippen molar-refractivity contribution in [2.75, 3.05) is 12.3 Å². The van der Waals surface area contributed by atoms with Gasteiger partial charge < -0.3 is 5.73 Å². The zero-order valence-corrected chi connectivity index (χ0v) is 10.9. The van der Waals surface area contributed by atoms with E-state index in [0.717, 1.165) is 12.8 Å². The molecule has 0 saturated heterocycles. The Hall–Kier alpha value is -1.58. The van der Waals surface area contributed by atoms with Gasteiger partial charge in [-0.2, -0.15) is 5.26 Å². The molecule has 0 unspecified atom stereocenters. The lowest BCUT2D eigenvalue weighted by atomic mass is 10.2. The number of sulfonamides is 1. The second-order valence-electron chi connectivity index (χ2n) is 5.00. The summed E-state index contributed by atoms with van der Waals surface area (Å²) < 4.78 is 26.7. The molecule has 18 heavy (non-hydrogen) atoms. The summed E-state index contributed by atoms with van der Waals surface area (Å²) in [5.41, 5.74) is 6.06. The summed E-state index contributed by atoms with van der Waals surface area (Å²) in [7, 11) is -3.64. The standard InChI is InChI=1S/C12H15N3O2S/c1-12(4-5-12)8-15-18(16,17)11-3-2-10(14)6-9(11)7-13/h2-3,6,15H,4-5,8,14H2,1H3. The van der Waals surface area contributed by atoms with Crippen LogP contribution in [0.5, 0.6) is 0 Å². The first-order chi connectivity index (χ1) is 8.36. The minimum atomic E-state index is -3.64. The highest BCUT2D eigenvalue weighted by Gasteiger charge is 2.38. The molecule has 1 aliphatic carbocycles. The van der Waals surface area contributed by atoms with E-state index < -0.39 is 10.0 Å². The van der Waals surface area contributed by atoms with Crippen LogP contribution in [0.2, 0.25) is 0 Å². The third-order valence-electron chi connectivity index (χ3n) is 3.21. The average molecular weight is 265 g/mol. The first-order valence-corrected chi connectivity index (χ1v) is 7.14. The summed E-state index contributed by atoms with van der Waals surface area (Å²) in [6.45, 7) is 2.44. The molecule has 0 radical (unpaired) electrons. The predicted octanol–water partition coefficient (Wildman–Crippen LogP) is 1.22. The molecule has 1 fully saturated rings. The topological polar surface area (TPSA) is 96.0 Å². The van der Waals surface area contributed by atoms with Crippen LogP contribution in [0.4, 0.5) is 5.69 Å². The minimum Gasteiger partial charge on any atom is -0.399 e. The molecule has 3 N–H and O–H groups in total. The van der Waals surface area contributed by atoms with Crippen molar-refractivity contribution in [3.05, 3.63) is 23.8 Å². The summed E-state index contributed by atoms with van der Waals surface area (Å²) in [6, 6.07) is 6.07. The van der Waals surface area contributed by atoms with Gasteiger partial charge in [0.2, 0.25) is 10.0 Å². The molecular weight excluding hydrogens is 250 g/mol. The zero-order valence-electron chi connectivity index (χ0n) is 10.1. The van der Waals surface area contributed by atoms with E-state index in [1.165, 1.54) is 18.2 Å². The Balaban J connectivity index is 2.26. The van der Waals surface area contributed by atoms with Crippen LogP contribution in [-0.2, 0) is 10.0 Å². The van der Waals surface area contributed by atoms with Gasteiger partial charge in [0.25, 0.3) is 0 Å². The fraction of sp³-hybridized carbons (Fsp3) is 0.417. The number of anilines is 1. The molecular formula is C12H15N3O2S. The monoisotopic (exact) mass is 265 g/mol. The van der Waals surface area contributed by atoms with E-state index in [2.05, 4.69) is 4.72 Å². The molecule has 0 spiro atoms. The molecule has 0 heterocycles. The van der Waals surface area contributed by atoms with Gasteiger partial charge in [0.1, 0.15) is 6.07 Å². The van der Waals surface area contributed by atoms with Gasteiger partial charge in [-0.1, -0.05) is 6.92 Å². The Morgan fingerprint density at radius 2 is 2.17 bits per heavy atom. The van der Waals surface area contributed by atoms with Crippen molar-refractivity contribution in [2.45, 2.75) is 24.7 Å². The van der Waals surface area contributed by atoms with Gasteiger partial charge in [-0.15, -0.1) is 0 Å². The smallest absolute Gasteiger partial charge is 0.241 e. The van der Waals surface area contributed by atoms with Crippen LogP contribution in [0, 0.1) is 16.7 Å².